The van der Waals surface area contributed by atoms with Gasteiger partial charge in [0.05, 0.1) is 11.9 Å². The Hall–Kier alpha value is -2.65. The molecule has 2 aromatic carbocycles. The van der Waals surface area contributed by atoms with E-state index in [0.29, 0.717) is 10.7 Å². The predicted octanol–water partition coefficient (Wildman–Crippen LogP) is 3.97. The van der Waals surface area contributed by atoms with Crippen LogP contribution in [0.5, 0.6) is 0 Å². The summed E-state index contributed by atoms with van der Waals surface area (Å²) in [6.07, 6.45) is 1.25. The molecule has 0 aliphatic carbocycles. The molecule has 7 nitrogen and oxygen atoms in total. The lowest BCUT2D eigenvalue weighted by molar-refractivity contribution is -0.140. The number of benzene rings is 2. The van der Waals surface area contributed by atoms with E-state index in [-0.39, 0.29) is 49.4 Å². The van der Waals surface area contributed by atoms with Gasteiger partial charge < -0.3 is 10.2 Å². The Labute approximate surface area is 205 Å². The molecule has 2 rings (SSSR count). The van der Waals surface area contributed by atoms with Crippen LogP contribution in [0.3, 0.4) is 0 Å². The highest BCUT2D eigenvalue weighted by Crippen LogP contribution is 2.23. The third-order valence-electron chi connectivity index (χ3n) is 5.15. The molecule has 0 saturated carbocycles. The van der Waals surface area contributed by atoms with Gasteiger partial charge in [-0.15, -0.1) is 0 Å². The van der Waals surface area contributed by atoms with Crippen LogP contribution in [0.25, 0.3) is 0 Å². The van der Waals surface area contributed by atoms with E-state index in [0.717, 1.165) is 6.26 Å². The van der Waals surface area contributed by atoms with Crippen LogP contribution in [0.4, 0.5) is 10.1 Å². The molecule has 0 saturated heterocycles. The molecule has 0 aliphatic heterocycles. The second kappa shape index (κ2) is 12.2. The number of anilines is 1. The molecule has 10 heteroatoms. The van der Waals surface area contributed by atoms with Gasteiger partial charge in [-0.05, 0) is 51.5 Å². The fraction of sp³-hybridized carbons (Fsp3) is 0.417. The Bertz CT molecular complexity index is 1110. The van der Waals surface area contributed by atoms with Gasteiger partial charge in [0.25, 0.3) is 0 Å². The molecule has 2 amide bonds. The third kappa shape index (κ3) is 7.99. The SMILES string of the molecule is CC(C)NC(=O)C(C)N(Cc1ccccc1F)C(=O)CCCN(c1cccc(Cl)c1)S(C)(=O)=O. The van der Waals surface area contributed by atoms with Gasteiger partial charge in [0.15, 0.2) is 0 Å². The van der Waals surface area contributed by atoms with Gasteiger partial charge in [-0.2, -0.15) is 0 Å². The monoisotopic (exact) mass is 511 g/mol. The summed E-state index contributed by atoms with van der Waals surface area (Å²) in [5.41, 5.74) is 0.687. The van der Waals surface area contributed by atoms with Crippen molar-refractivity contribution in [2.75, 3.05) is 17.1 Å². The first kappa shape index (κ1) is 27.6. The van der Waals surface area contributed by atoms with Crippen LogP contribution in [-0.2, 0) is 26.2 Å². The fourth-order valence-electron chi connectivity index (χ4n) is 3.43. The number of halogens is 2. The number of carbonyl (C=O) groups excluding carboxylic acids is 2. The molecule has 2 aromatic rings. The summed E-state index contributed by atoms with van der Waals surface area (Å²) in [5, 5.41) is 3.16. The quantitative estimate of drug-likeness (QED) is 0.494. The van der Waals surface area contributed by atoms with Crippen LogP contribution in [0, 0.1) is 5.82 Å². The summed E-state index contributed by atoms with van der Waals surface area (Å²) >= 11 is 6.00. The summed E-state index contributed by atoms with van der Waals surface area (Å²) in [4.78, 5) is 27.1. The number of hydrogen-bond acceptors (Lipinski definition) is 4. The Morgan fingerprint density at radius 3 is 2.35 bits per heavy atom. The lowest BCUT2D eigenvalue weighted by Crippen LogP contribution is -2.49. The summed E-state index contributed by atoms with van der Waals surface area (Å²) < 4.78 is 40.1. The van der Waals surface area contributed by atoms with Gasteiger partial charge in [0.2, 0.25) is 21.8 Å². The van der Waals surface area contributed by atoms with Gasteiger partial charge in [0, 0.05) is 36.1 Å². The van der Waals surface area contributed by atoms with Crippen molar-refractivity contribution in [1.82, 2.24) is 10.2 Å². The van der Waals surface area contributed by atoms with E-state index in [1.807, 2.05) is 13.8 Å². The zero-order valence-electron chi connectivity index (χ0n) is 19.8. The Morgan fingerprint density at radius 2 is 1.76 bits per heavy atom. The van der Waals surface area contributed by atoms with Crippen molar-refractivity contribution >= 4 is 39.1 Å². The molecule has 0 fully saturated rings. The fourth-order valence-corrected chi connectivity index (χ4v) is 4.57. The predicted molar refractivity (Wildman–Crippen MR) is 133 cm³/mol. The van der Waals surface area contributed by atoms with Crippen molar-refractivity contribution < 1.29 is 22.4 Å². The summed E-state index contributed by atoms with van der Waals surface area (Å²) in [6, 6.07) is 11.6. The molecule has 0 bridgehead atoms. The van der Waals surface area contributed by atoms with Crippen molar-refractivity contribution in [2.45, 2.75) is 52.2 Å². The number of amides is 2. The van der Waals surface area contributed by atoms with E-state index in [4.69, 9.17) is 11.6 Å². The summed E-state index contributed by atoms with van der Waals surface area (Å²) in [5.74, 6) is -1.20. The molecule has 1 N–H and O–H groups in total. The smallest absolute Gasteiger partial charge is 0.242 e. The topological polar surface area (TPSA) is 86.8 Å². The number of hydrogen-bond donors (Lipinski definition) is 1. The van der Waals surface area contributed by atoms with Gasteiger partial charge in [0.1, 0.15) is 11.9 Å². The Kier molecular flexibility index (Phi) is 9.88. The van der Waals surface area contributed by atoms with E-state index in [2.05, 4.69) is 5.32 Å². The largest absolute Gasteiger partial charge is 0.352 e. The normalized spacial score (nSPS) is 12.3. The standard InChI is InChI=1S/C24H31ClFN3O4S/c1-17(2)27-24(31)18(3)28(16-19-9-5-6-12-22(19)26)23(30)13-8-14-29(34(4,32)33)21-11-7-10-20(25)15-21/h5-7,9-12,15,17-18H,8,13-14,16H2,1-4H3,(H,27,31). The minimum absolute atomic E-state index is 0.0274. The zero-order chi connectivity index (χ0) is 25.5. The maximum absolute atomic E-state index is 14.3. The van der Waals surface area contributed by atoms with Crippen LogP contribution >= 0.6 is 11.6 Å². The van der Waals surface area contributed by atoms with Crippen molar-refractivity contribution in [3.63, 3.8) is 0 Å². The van der Waals surface area contributed by atoms with E-state index in [1.165, 1.54) is 21.3 Å². The molecular formula is C24H31ClFN3O4S. The van der Waals surface area contributed by atoms with Crippen molar-refractivity contribution in [2.24, 2.45) is 0 Å². The first-order chi connectivity index (χ1) is 15.9. The van der Waals surface area contributed by atoms with E-state index in [9.17, 15) is 22.4 Å². The van der Waals surface area contributed by atoms with Crippen LogP contribution in [-0.4, -0.2) is 50.0 Å². The molecule has 1 atom stereocenters. The minimum Gasteiger partial charge on any atom is -0.352 e. The van der Waals surface area contributed by atoms with Crippen molar-refractivity contribution in [3.8, 4) is 0 Å². The Balaban J connectivity index is 2.18. The first-order valence-corrected chi connectivity index (χ1v) is 13.2. The van der Waals surface area contributed by atoms with Crippen LogP contribution in [0.15, 0.2) is 48.5 Å². The average molecular weight is 512 g/mol. The molecular weight excluding hydrogens is 481 g/mol. The zero-order valence-corrected chi connectivity index (χ0v) is 21.4. The third-order valence-corrected chi connectivity index (χ3v) is 6.57. The number of nitrogens with one attached hydrogen (secondary N) is 1. The maximum Gasteiger partial charge on any atom is 0.242 e. The lowest BCUT2D eigenvalue weighted by Gasteiger charge is -2.30. The highest BCUT2D eigenvalue weighted by atomic mass is 35.5. The van der Waals surface area contributed by atoms with Crippen molar-refractivity contribution in [1.29, 1.82) is 0 Å². The lowest BCUT2D eigenvalue weighted by atomic mass is 10.1. The molecule has 186 valence electrons. The van der Waals surface area contributed by atoms with E-state index in [1.54, 1.807) is 43.3 Å². The maximum atomic E-state index is 14.3. The van der Waals surface area contributed by atoms with Crippen molar-refractivity contribution in [3.05, 3.63) is 64.9 Å². The van der Waals surface area contributed by atoms with Crippen LogP contribution in [0.2, 0.25) is 5.02 Å². The molecule has 34 heavy (non-hydrogen) atoms. The van der Waals surface area contributed by atoms with Gasteiger partial charge in [-0.25, -0.2) is 12.8 Å². The molecule has 0 aliphatic rings. The van der Waals surface area contributed by atoms with Gasteiger partial charge >= 0.3 is 0 Å². The van der Waals surface area contributed by atoms with Gasteiger partial charge in [-0.3, -0.25) is 13.9 Å². The number of carbonyl (C=O) groups is 2. The van der Waals surface area contributed by atoms with E-state index < -0.39 is 21.9 Å². The molecule has 1 unspecified atom stereocenters. The number of sulfonamides is 1. The first-order valence-electron chi connectivity index (χ1n) is 11.0. The Morgan fingerprint density at radius 1 is 1.09 bits per heavy atom. The summed E-state index contributed by atoms with van der Waals surface area (Å²) in [6.45, 7) is 5.17. The van der Waals surface area contributed by atoms with Gasteiger partial charge in [-0.1, -0.05) is 35.9 Å². The second-order valence-corrected chi connectivity index (χ2v) is 10.7. The van der Waals surface area contributed by atoms with Crippen LogP contribution < -0.4 is 9.62 Å². The van der Waals surface area contributed by atoms with Crippen LogP contribution in [0.1, 0.15) is 39.2 Å². The number of rotatable bonds is 11. The summed E-state index contributed by atoms with van der Waals surface area (Å²) in [7, 11) is -3.61. The molecule has 0 radical (unpaired) electrons. The highest BCUT2D eigenvalue weighted by Gasteiger charge is 2.27. The second-order valence-electron chi connectivity index (χ2n) is 8.37. The molecule has 0 heterocycles. The van der Waals surface area contributed by atoms with E-state index >= 15 is 0 Å². The average Bonchev–Trinajstić information content (AvgIpc) is 2.74. The molecule has 0 spiro atoms. The highest BCUT2D eigenvalue weighted by molar-refractivity contribution is 7.92. The number of nitrogens with zero attached hydrogens (tertiary/aromatic N) is 2. The molecule has 0 aromatic heterocycles. The minimum atomic E-state index is -3.61.